The summed E-state index contributed by atoms with van der Waals surface area (Å²) in [4.78, 5) is 12.8. The van der Waals surface area contributed by atoms with Crippen molar-refractivity contribution in [3.8, 4) is 0 Å². The Kier molecular flexibility index (Phi) is 2.39. The van der Waals surface area contributed by atoms with E-state index in [4.69, 9.17) is 0 Å². The second-order valence-electron chi connectivity index (χ2n) is 5.21. The van der Waals surface area contributed by atoms with E-state index in [1.165, 1.54) is 19.0 Å². The number of aromatic nitrogens is 2. The van der Waals surface area contributed by atoms with Gasteiger partial charge in [0, 0.05) is 25.6 Å². The van der Waals surface area contributed by atoms with Crippen LogP contribution < -0.4 is 4.90 Å². The summed E-state index contributed by atoms with van der Waals surface area (Å²) in [7, 11) is 1.76. The summed E-state index contributed by atoms with van der Waals surface area (Å²) >= 11 is 0. The van der Waals surface area contributed by atoms with E-state index in [2.05, 4.69) is 22.2 Å². The summed E-state index contributed by atoms with van der Waals surface area (Å²) in [6.45, 7) is 1.68. The zero-order valence-electron chi connectivity index (χ0n) is 10.4. The first kappa shape index (κ1) is 11.3. The first-order valence-corrected chi connectivity index (χ1v) is 6.20. The van der Waals surface area contributed by atoms with E-state index in [9.17, 15) is 10.1 Å². The van der Waals surface area contributed by atoms with Crippen LogP contribution in [0.2, 0.25) is 0 Å². The molecule has 0 saturated heterocycles. The van der Waals surface area contributed by atoms with Crippen LogP contribution in [-0.2, 0) is 7.05 Å². The maximum Gasteiger partial charge on any atom is 0.331 e. The average molecular weight is 248 g/mol. The zero-order chi connectivity index (χ0) is 12.8. The lowest BCUT2D eigenvalue weighted by atomic mass is 10.1. The fourth-order valence-corrected chi connectivity index (χ4v) is 2.66. The molecular weight excluding hydrogens is 232 g/mol. The van der Waals surface area contributed by atoms with E-state index in [0.29, 0.717) is 5.82 Å². The average Bonchev–Trinajstić information content (AvgIpc) is 3.03. The highest BCUT2D eigenvalue weighted by Crippen LogP contribution is 2.49. The number of hydrogen-bond donors (Lipinski definition) is 0. The Morgan fingerprint density at radius 2 is 2.28 bits per heavy atom. The molecule has 2 heterocycles. The van der Waals surface area contributed by atoms with Gasteiger partial charge >= 0.3 is 5.69 Å². The predicted octanol–water partition coefficient (Wildman–Crippen LogP) is 1.87. The minimum absolute atomic E-state index is 0.107. The molecular formula is C12H16N4O2. The third kappa shape index (κ3) is 1.77. The summed E-state index contributed by atoms with van der Waals surface area (Å²) in [5.74, 6) is 0.634. The topological polar surface area (TPSA) is 64.2 Å². The van der Waals surface area contributed by atoms with Crippen LogP contribution in [-0.4, -0.2) is 27.8 Å². The standard InChI is InChI=1S/C12H16N4O2/c1-14-11(10(8-13-14)16(17)18)15-7-3-2-4-12(9-15)5-6-12/h2,4,8H,3,5-7,9H2,1H3. The van der Waals surface area contributed by atoms with Crippen molar-refractivity contribution in [2.75, 3.05) is 18.0 Å². The van der Waals surface area contributed by atoms with Gasteiger partial charge in [0.15, 0.2) is 0 Å². The molecule has 6 heteroatoms. The van der Waals surface area contributed by atoms with Gasteiger partial charge in [-0.15, -0.1) is 0 Å². The normalized spacial score (nSPS) is 21.1. The molecule has 0 aromatic carbocycles. The van der Waals surface area contributed by atoms with Crippen LogP contribution in [0.3, 0.4) is 0 Å². The first-order chi connectivity index (χ1) is 8.61. The molecule has 2 aliphatic rings. The summed E-state index contributed by atoms with van der Waals surface area (Å²) in [6.07, 6.45) is 9.14. The molecule has 1 aliphatic heterocycles. The van der Waals surface area contributed by atoms with E-state index >= 15 is 0 Å². The molecule has 1 aromatic heterocycles. The molecule has 1 aliphatic carbocycles. The Bertz CT molecular complexity index is 516. The van der Waals surface area contributed by atoms with Gasteiger partial charge in [-0.1, -0.05) is 12.2 Å². The van der Waals surface area contributed by atoms with E-state index in [1.807, 2.05) is 0 Å². The molecule has 6 nitrogen and oxygen atoms in total. The van der Waals surface area contributed by atoms with Gasteiger partial charge in [-0.05, 0) is 19.3 Å². The molecule has 1 saturated carbocycles. The molecule has 0 bridgehead atoms. The zero-order valence-corrected chi connectivity index (χ0v) is 10.4. The summed E-state index contributed by atoms with van der Waals surface area (Å²) in [5.41, 5.74) is 0.365. The van der Waals surface area contributed by atoms with Crippen LogP contribution in [0.15, 0.2) is 18.3 Å². The number of nitrogens with zero attached hydrogens (tertiary/aromatic N) is 4. The molecule has 96 valence electrons. The smallest absolute Gasteiger partial charge is 0.331 e. The molecule has 0 atom stereocenters. The van der Waals surface area contributed by atoms with Crippen molar-refractivity contribution in [3.63, 3.8) is 0 Å². The van der Waals surface area contributed by atoms with Crippen molar-refractivity contribution in [2.45, 2.75) is 19.3 Å². The van der Waals surface area contributed by atoms with Crippen LogP contribution in [0.4, 0.5) is 11.5 Å². The number of rotatable bonds is 2. The lowest BCUT2D eigenvalue weighted by Crippen LogP contribution is -2.31. The molecule has 0 N–H and O–H groups in total. The van der Waals surface area contributed by atoms with Crippen LogP contribution in [0.5, 0.6) is 0 Å². The van der Waals surface area contributed by atoms with E-state index < -0.39 is 0 Å². The van der Waals surface area contributed by atoms with Gasteiger partial charge in [0.1, 0.15) is 6.20 Å². The molecule has 3 rings (SSSR count). The van der Waals surface area contributed by atoms with Gasteiger partial charge in [0.05, 0.1) is 4.92 Å². The minimum Gasteiger partial charge on any atom is -0.350 e. The summed E-state index contributed by atoms with van der Waals surface area (Å²) < 4.78 is 1.61. The number of nitro groups is 1. The molecule has 0 unspecified atom stereocenters. The Morgan fingerprint density at radius 3 is 2.94 bits per heavy atom. The highest BCUT2D eigenvalue weighted by molar-refractivity contribution is 5.58. The molecule has 1 aromatic rings. The summed E-state index contributed by atoms with van der Waals surface area (Å²) in [5, 5.41) is 15.1. The van der Waals surface area contributed by atoms with E-state index in [1.54, 1.807) is 11.7 Å². The van der Waals surface area contributed by atoms with Crippen molar-refractivity contribution in [2.24, 2.45) is 12.5 Å². The lowest BCUT2D eigenvalue weighted by Gasteiger charge is -2.25. The molecule has 1 fully saturated rings. The van der Waals surface area contributed by atoms with Crippen LogP contribution in [0, 0.1) is 15.5 Å². The van der Waals surface area contributed by atoms with Crippen LogP contribution in [0.25, 0.3) is 0 Å². The monoisotopic (exact) mass is 248 g/mol. The largest absolute Gasteiger partial charge is 0.350 e. The molecule has 18 heavy (non-hydrogen) atoms. The molecule has 1 spiro atoms. The maximum absolute atomic E-state index is 11.1. The Labute approximate surface area is 105 Å². The van der Waals surface area contributed by atoms with Crippen molar-refractivity contribution < 1.29 is 4.92 Å². The number of hydrogen-bond acceptors (Lipinski definition) is 4. The minimum atomic E-state index is -0.347. The Morgan fingerprint density at radius 1 is 1.50 bits per heavy atom. The SMILES string of the molecule is Cn1ncc([N+](=O)[O-])c1N1CCC=CC2(CC2)C1. The maximum atomic E-state index is 11.1. The van der Waals surface area contributed by atoms with Gasteiger partial charge in [0.2, 0.25) is 5.82 Å². The third-order valence-electron chi connectivity index (χ3n) is 3.82. The number of aryl methyl sites for hydroxylation is 1. The second kappa shape index (κ2) is 3.83. The second-order valence-corrected chi connectivity index (χ2v) is 5.21. The van der Waals surface area contributed by atoms with Gasteiger partial charge < -0.3 is 4.90 Å². The quantitative estimate of drug-likeness (QED) is 0.455. The predicted molar refractivity (Wildman–Crippen MR) is 67.5 cm³/mol. The van der Waals surface area contributed by atoms with E-state index in [0.717, 1.165) is 19.5 Å². The fourth-order valence-electron chi connectivity index (χ4n) is 2.66. The third-order valence-corrected chi connectivity index (χ3v) is 3.82. The summed E-state index contributed by atoms with van der Waals surface area (Å²) in [6, 6.07) is 0. The van der Waals surface area contributed by atoms with Crippen molar-refractivity contribution in [1.29, 1.82) is 0 Å². The van der Waals surface area contributed by atoms with Crippen molar-refractivity contribution in [1.82, 2.24) is 9.78 Å². The van der Waals surface area contributed by atoms with Crippen LogP contribution >= 0.6 is 0 Å². The van der Waals surface area contributed by atoms with Gasteiger partial charge in [-0.2, -0.15) is 5.10 Å². The highest BCUT2D eigenvalue weighted by atomic mass is 16.6. The van der Waals surface area contributed by atoms with E-state index in [-0.39, 0.29) is 16.0 Å². The Hall–Kier alpha value is -1.85. The fraction of sp³-hybridized carbons (Fsp3) is 0.583. The van der Waals surface area contributed by atoms with Gasteiger partial charge in [-0.25, -0.2) is 4.68 Å². The molecule has 0 amide bonds. The van der Waals surface area contributed by atoms with Gasteiger partial charge in [0.25, 0.3) is 0 Å². The van der Waals surface area contributed by atoms with Crippen molar-refractivity contribution in [3.05, 3.63) is 28.5 Å². The van der Waals surface area contributed by atoms with Crippen molar-refractivity contribution >= 4 is 11.5 Å². The number of anilines is 1. The Balaban J connectivity index is 1.94. The lowest BCUT2D eigenvalue weighted by molar-refractivity contribution is -0.384. The van der Waals surface area contributed by atoms with Crippen LogP contribution in [0.1, 0.15) is 19.3 Å². The van der Waals surface area contributed by atoms with Gasteiger partial charge in [-0.3, -0.25) is 10.1 Å². The highest BCUT2D eigenvalue weighted by Gasteiger charge is 2.43. The first-order valence-electron chi connectivity index (χ1n) is 6.20. The molecule has 0 radical (unpaired) electrons.